The molecule has 0 radical (unpaired) electrons. The molecule has 2 aliphatic rings. The third-order valence-electron chi connectivity index (χ3n) is 10.2. The minimum Gasteiger partial charge on any atom is -0.465 e. The van der Waals surface area contributed by atoms with E-state index in [1.807, 2.05) is 68.2 Å². The topological polar surface area (TPSA) is 376 Å². The molecule has 0 aliphatic carbocycles. The lowest BCUT2D eigenvalue weighted by Gasteiger charge is -2.11. The van der Waals surface area contributed by atoms with Gasteiger partial charge in [-0.15, -0.1) is 0 Å². The van der Waals surface area contributed by atoms with Crippen LogP contribution in [0.25, 0.3) is 0 Å². The summed E-state index contributed by atoms with van der Waals surface area (Å²) in [5.41, 5.74) is 29.3. The van der Waals surface area contributed by atoms with Crippen LogP contribution in [0.15, 0.2) is 9.98 Å². The summed E-state index contributed by atoms with van der Waals surface area (Å²) in [6.07, 6.45) is 19.0. The minimum absolute atomic E-state index is 0.0130. The second kappa shape index (κ2) is 61.0. The van der Waals surface area contributed by atoms with Crippen LogP contribution in [0.5, 0.6) is 0 Å². The summed E-state index contributed by atoms with van der Waals surface area (Å²) in [7, 11) is 17.0. The predicted octanol–water partition coefficient (Wildman–Crippen LogP) is -4.10. The smallest absolute Gasteiger partial charge is 0.364 e. The van der Waals surface area contributed by atoms with Gasteiger partial charge in [0.2, 0.25) is 0 Å². The van der Waals surface area contributed by atoms with Crippen LogP contribution in [0.2, 0.25) is 0 Å². The van der Waals surface area contributed by atoms with E-state index in [0.717, 1.165) is 109 Å². The lowest BCUT2D eigenvalue weighted by atomic mass is 10.2. The zero-order chi connectivity index (χ0) is 58.8. The largest absolute Gasteiger partial charge is 0.465 e. The van der Waals surface area contributed by atoms with Crippen molar-refractivity contribution in [1.82, 2.24) is 25.8 Å². The maximum absolute atomic E-state index is 11.5. The number of nitrogens with two attached hydrogens (primary N) is 5. The van der Waals surface area contributed by atoms with E-state index in [-0.39, 0.29) is 48.0 Å². The van der Waals surface area contributed by atoms with Gasteiger partial charge in [-0.2, -0.15) is 0 Å². The lowest BCUT2D eigenvalue weighted by molar-refractivity contribution is -0.659. The van der Waals surface area contributed by atoms with Gasteiger partial charge < -0.3 is 72.9 Å². The van der Waals surface area contributed by atoms with E-state index < -0.39 is 6.04 Å². The SMILES string of the molecule is C1=[NH+]CCC1.CCCCOC(=O)C(N)CCC[NH+]=C(N)N.CCCCOC(=O)C([NH3+])CCCN=C(N)N(C)C.CCCCOC(=O)C([NH3+])CCCNC(=NC)NC.CCCCOC(=O)C1CCC[NH2+]1.CN(C)C.CNC. The Morgan fingerprint density at radius 1 is 0.750 bits per heavy atom. The molecular weight excluding hydrogens is 977 g/mol. The number of carbonyl (C=O) groups is 4. The van der Waals surface area contributed by atoms with E-state index in [0.29, 0.717) is 58.3 Å². The maximum atomic E-state index is 11.5. The van der Waals surface area contributed by atoms with Gasteiger partial charge in [0.15, 0.2) is 30.0 Å². The first-order chi connectivity index (χ1) is 36.2. The van der Waals surface area contributed by atoms with Crippen molar-refractivity contribution < 1.29 is 64.9 Å². The Bertz CT molecular complexity index is 1460. The number of hydrogen-bond donors (Lipinski definition) is 12. The van der Waals surface area contributed by atoms with Crippen LogP contribution in [-0.4, -0.2) is 205 Å². The first-order valence-electron chi connectivity index (χ1n) is 27.8. The van der Waals surface area contributed by atoms with Crippen molar-refractivity contribution >= 4 is 48.0 Å². The van der Waals surface area contributed by atoms with Gasteiger partial charge in [0.05, 0.1) is 39.5 Å². The number of nitrogens with zero attached hydrogens (tertiary/aromatic N) is 4. The molecule has 76 heavy (non-hydrogen) atoms. The molecule has 0 aromatic heterocycles. The second-order valence-corrected chi connectivity index (χ2v) is 18.7. The maximum Gasteiger partial charge on any atom is 0.364 e. The summed E-state index contributed by atoms with van der Waals surface area (Å²) in [6.45, 7) is 14.6. The molecule has 1 saturated heterocycles. The molecule has 0 bridgehead atoms. The number of hydrogen-bond acceptors (Lipinski definition) is 13. The van der Waals surface area contributed by atoms with Gasteiger partial charge in [-0.05, 0) is 86.6 Å². The van der Waals surface area contributed by atoms with Crippen LogP contribution in [0.1, 0.15) is 143 Å². The fraction of sp³-hybridized carbons (Fsp3) is 0.846. The average Bonchev–Trinajstić information content (AvgIpc) is 4.17. The highest BCUT2D eigenvalue weighted by atomic mass is 16.5. The molecule has 2 rings (SSSR count). The van der Waals surface area contributed by atoms with Crippen LogP contribution in [0.4, 0.5) is 0 Å². The molecular formula is C52H119N16O8+5. The number of aliphatic imine (C=N–C) groups is 2. The van der Waals surface area contributed by atoms with Crippen LogP contribution < -0.4 is 65.7 Å². The summed E-state index contributed by atoms with van der Waals surface area (Å²) >= 11 is 0. The van der Waals surface area contributed by atoms with Gasteiger partial charge in [0.25, 0.3) is 0 Å². The highest BCUT2D eigenvalue weighted by Gasteiger charge is 2.27. The number of rotatable bonds is 28. The molecule has 450 valence electrons. The number of ether oxygens (including phenoxy) is 4. The Morgan fingerprint density at radius 3 is 1.62 bits per heavy atom. The van der Waals surface area contributed by atoms with E-state index in [1.54, 1.807) is 11.9 Å². The molecule has 2 aliphatic heterocycles. The van der Waals surface area contributed by atoms with Crippen molar-refractivity contribution in [3.05, 3.63) is 0 Å². The van der Waals surface area contributed by atoms with Crippen molar-refractivity contribution in [2.24, 2.45) is 32.9 Å². The molecule has 0 saturated carbocycles. The van der Waals surface area contributed by atoms with E-state index >= 15 is 0 Å². The van der Waals surface area contributed by atoms with Gasteiger partial charge in [0.1, 0.15) is 18.8 Å². The fourth-order valence-corrected chi connectivity index (χ4v) is 5.63. The molecule has 2 heterocycles. The van der Waals surface area contributed by atoms with Crippen LogP contribution in [-0.2, 0) is 38.1 Å². The van der Waals surface area contributed by atoms with Gasteiger partial charge in [0, 0.05) is 79.8 Å². The summed E-state index contributed by atoms with van der Waals surface area (Å²) in [4.78, 5) is 63.4. The summed E-state index contributed by atoms with van der Waals surface area (Å²) in [5, 5.41) is 10.9. The highest BCUT2D eigenvalue weighted by molar-refractivity contribution is 5.79. The number of quaternary nitrogens is 3. The summed E-state index contributed by atoms with van der Waals surface area (Å²) in [6, 6.07) is -1.04. The number of nitrogens with one attached hydrogen (secondary N) is 5. The predicted molar refractivity (Wildman–Crippen MR) is 308 cm³/mol. The fourth-order valence-electron chi connectivity index (χ4n) is 5.63. The van der Waals surface area contributed by atoms with Gasteiger partial charge in [-0.3, -0.25) is 36.2 Å². The van der Waals surface area contributed by atoms with Gasteiger partial charge in [-0.25, -0.2) is 14.4 Å². The summed E-state index contributed by atoms with van der Waals surface area (Å²) < 4.78 is 20.3. The summed E-state index contributed by atoms with van der Waals surface area (Å²) in [5.74, 6) is 0.676. The van der Waals surface area contributed by atoms with Crippen molar-refractivity contribution in [2.45, 2.75) is 167 Å². The molecule has 0 spiro atoms. The average molecular weight is 1100 g/mol. The van der Waals surface area contributed by atoms with Gasteiger partial charge >= 0.3 is 29.8 Å². The Morgan fingerprint density at radius 2 is 1.24 bits per heavy atom. The number of esters is 4. The molecule has 4 unspecified atom stereocenters. The van der Waals surface area contributed by atoms with Crippen molar-refractivity contribution in [3.63, 3.8) is 0 Å². The zero-order valence-electron chi connectivity index (χ0n) is 50.3. The Kier molecular flexibility index (Phi) is 64.2. The molecule has 0 amide bonds. The minimum atomic E-state index is -0.558. The molecule has 24 nitrogen and oxygen atoms in total. The third kappa shape index (κ3) is 61.7. The van der Waals surface area contributed by atoms with Crippen LogP contribution in [0, 0.1) is 0 Å². The standard InChI is InChI=1S/2C12H26N4O2.C10H22N4O2.C9H17NO2.C4H7N.C3H9N.C2H7N/c1-4-5-9-18-11(17)10(13)7-6-8-15-12(14)16(2)3;1-4-5-9-18-11(17)10(13)7-6-8-16-12(14-2)15-3;1-2-3-7-16-9(15)8(11)5-4-6-14-10(12)13;1-2-3-7-12-9(11)8-5-4-6-10-8;1-2-4-5-3-1;1-4(2)3;1-3-2/h10H,4-9,13H2,1-3H3,(H2,14,15);10H,4-9,13H2,1-3H3,(H2,14,15,16);8H,2-7,11H2,1H3,(H4,12,13,14);8,10H,2-7H2,1H3;3H,1-2,4H2;1-3H3;3H,1-2H3/p+5. The number of unbranched alkanes of at least 4 members (excludes halogenated alkanes) is 4. The first kappa shape index (κ1) is 80.0. The molecule has 1 fully saturated rings. The normalized spacial score (nSPS) is 14.4. The Hall–Kier alpha value is -4.88. The molecule has 4 atom stereocenters. The monoisotopic (exact) mass is 1100 g/mol. The van der Waals surface area contributed by atoms with E-state index in [4.69, 9.17) is 41.9 Å². The highest BCUT2D eigenvalue weighted by Crippen LogP contribution is 2.02. The van der Waals surface area contributed by atoms with Crippen LogP contribution >= 0.6 is 0 Å². The van der Waals surface area contributed by atoms with E-state index in [2.05, 4.69) is 79.7 Å². The molecule has 24 heteroatoms. The van der Waals surface area contributed by atoms with E-state index in [9.17, 15) is 19.2 Å². The first-order valence-corrected chi connectivity index (χ1v) is 27.8. The Labute approximate surface area is 460 Å². The van der Waals surface area contributed by atoms with Crippen molar-refractivity contribution in [2.75, 3.05) is 123 Å². The van der Waals surface area contributed by atoms with Crippen molar-refractivity contribution in [1.29, 1.82) is 0 Å². The zero-order valence-corrected chi connectivity index (χ0v) is 50.3. The van der Waals surface area contributed by atoms with Crippen LogP contribution in [0.3, 0.4) is 0 Å². The van der Waals surface area contributed by atoms with Crippen molar-refractivity contribution in [3.8, 4) is 0 Å². The second-order valence-electron chi connectivity index (χ2n) is 18.7. The quantitative estimate of drug-likeness (QED) is 0.0117. The third-order valence-corrected chi connectivity index (χ3v) is 10.2. The number of carbonyl (C=O) groups excluding carboxylic acids is 4. The molecule has 0 aromatic carbocycles. The molecule has 0 aromatic rings. The van der Waals surface area contributed by atoms with Gasteiger partial charge in [-0.1, -0.05) is 53.4 Å². The molecule has 21 N–H and O–H groups in total. The van der Waals surface area contributed by atoms with E-state index in [1.165, 1.54) is 19.4 Å². The Balaban J connectivity index is -0.000000275. The lowest BCUT2D eigenvalue weighted by Crippen LogP contribution is -2.88. The number of guanidine groups is 3.